The molecule has 9 nitrogen and oxygen atoms in total. The number of amides is 1. The van der Waals surface area contributed by atoms with Crippen molar-refractivity contribution in [1.29, 1.82) is 5.26 Å². The predicted octanol–water partition coefficient (Wildman–Crippen LogP) is 1.41. The standard InChI is InChI=1S/C30H43BN8O/c1-22-3-8-26(17-22)39(29-27(31)19-33-28(18-32)34-29)35-30(40)25-6-4-23(5-7-25)20-37-13-15-38(16-14-37)21-24-9-11-36(2)12-10-24/h4-7,19,22,24,26H,3,8-17,20-21,31H2,1-2H3,(H,35,40). The molecule has 3 aliphatic rings. The number of rotatable bonds is 8. The van der Waals surface area contributed by atoms with Gasteiger partial charge in [0, 0.05) is 51.0 Å². The van der Waals surface area contributed by atoms with Crippen LogP contribution in [0.25, 0.3) is 0 Å². The average Bonchev–Trinajstić information content (AvgIpc) is 3.40. The van der Waals surface area contributed by atoms with E-state index in [1.807, 2.05) is 31.1 Å². The summed E-state index contributed by atoms with van der Waals surface area (Å²) in [5.74, 6) is 1.98. The zero-order valence-corrected chi connectivity index (χ0v) is 24.3. The Labute approximate surface area is 239 Å². The van der Waals surface area contributed by atoms with Crippen LogP contribution in [0.15, 0.2) is 30.5 Å². The zero-order valence-electron chi connectivity index (χ0n) is 24.3. The number of hydrogen-bond donors (Lipinski definition) is 1. The molecule has 0 spiro atoms. The Balaban J connectivity index is 1.16. The van der Waals surface area contributed by atoms with Crippen LogP contribution >= 0.6 is 0 Å². The van der Waals surface area contributed by atoms with Gasteiger partial charge in [0.05, 0.1) is 6.04 Å². The van der Waals surface area contributed by atoms with Gasteiger partial charge in [0.1, 0.15) is 19.7 Å². The van der Waals surface area contributed by atoms with Crippen molar-refractivity contribution in [2.24, 2.45) is 11.8 Å². The number of carbonyl (C=O) groups excluding carboxylic acids is 1. The molecule has 1 amide bonds. The number of carbonyl (C=O) groups is 1. The molecule has 3 fully saturated rings. The van der Waals surface area contributed by atoms with E-state index in [1.165, 1.54) is 38.0 Å². The van der Waals surface area contributed by atoms with Gasteiger partial charge in [-0.2, -0.15) is 5.26 Å². The molecular weight excluding hydrogens is 499 g/mol. The highest BCUT2D eigenvalue weighted by atomic mass is 16.2. The summed E-state index contributed by atoms with van der Waals surface area (Å²) in [4.78, 5) is 29.5. The SMILES string of the molecule is Bc1cnc(C#N)nc1N(NC(=O)c1ccc(CN2CCN(CC3CCN(C)CC3)CC2)cc1)C1CCC(C)C1. The summed E-state index contributed by atoms with van der Waals surface area (Å²) >= 11 is 0. The molecule has 0 radical (unpaired) electrons. The summed E-state index contributed by atoms with van der Waals surface area (Å²) in [6.45, 7) is 11.3. The van der Waals surface area contributed by atoms with E-state index in [1.54, 1.807) is 6.20 Å². The van der Waals surface area contributed by atoms with Gasteiger partial charge in [-0.3, -0.25) is 20.1 Å². The number of nitrogens with one attached hydrogen (secondary N) is 1. The monoisotopic (exact) mass is 542 g/mol. The van der Waals surface area contributed by atoms with Gasteiger partial charge in [0.2, 0.25) is 5.82 Å². The van der Waals surface area contributed by atoms with E-state index in [9.17, 15) is 10.1 Å². The molecule has 2 aromatic rings. The van der Waals surface area contributed by atoms with Crippen molar-refractivity contribution >= 4 is 25.0 Å². The van der Waals surface area contributed by atoms with Crippen LogP contribution in [0, 0.1) is 23.2 Å². The lowest BCUT2D eigenvalue weighted by Gasteiger charge is -2.38. The second-order valence-electron chi connectivity index (χ2n) is 12.2. The van der Waals surface area contributed by atoms with E-state index >= 15 is 0 Å². The van der Waals surface area contributed by atoms with Crippen LogP contribution in [-0.4, -0.2) is 97.3 Å². The van der Waals surface area contributed by atoms with Gasteiger partial charge in [0.25, 0.3) is 5.91 Å². The molecule has 3 heterocycles. The molecule has 5 rings (SSSR count). The number of hydrogen-bond acceptors (Lipinski definition) is 8. The molecule has 1 aliphatic carbocycles. The van der Waals surface area contributed by atoms with Crippen LogP contribution < -0.4 is 15.9 Å². The topological polar surface area (TPSA) is 91.6 Å². The van der Waals surface area contributed by atoms with Gasteiger partial charge in [-0.1, -0.05) is 19.1 Å². The van der Waals surface area contributed by atoms with Crippen LogP contribution in [0.5, 0.6) is 0 Å². The largest absolute Gasteiger partial charge is 0.306 e. The summed E-state index contributed by atoms with van der Waals surface area (Å²) < 4.78 is 0. The number of nitrogens with zero attached hydrogens (tertiary/aromatic N) is 7. The number of hydrazine groups is 1. The maximum atomic E-state index is 13.4. The van der Waals surface area contributed by atoms with E-state index < -0.39 is 0 Å². The Bertz CT molecular complexity index is 1190. The van der Waals surface area contributed by atoms with Gasteiger partial charge in [0.15, 0.2) is 0 Å². The fourth-order valence-corrected chi connectivity index (χ4v) is 6.39. The summed E-state index contributed by atoms with van der Waals surface area (Å²) in [5, 5.41) is 11.2. The lowest BCUT2D eigenvalue weighted by atomic mass is 9.96. The predicted molar refractivity (Wildman–Crippen MR) is 160 cm³/mol. The third kappa shape index (κ3) is 7.20. The smallest absolute Gasteiger partial charge is 0.269 e. The van der Waals surface area contributed by atoms with Gasteiger partial charge >= 0.3 is 0 Å². The molecule has 2 saturated heterocycles. The Morgan fingerprint density at radius 2 is 1.77 bits per heavy atom. The van der Waals surface area contributed by atoms with E-state index in [0.29, 0.717) is 17.3 Å². The first kappa shape index (κ1) is 28.5. The third-order valence-corrected chi connectivity index (χ3v) is 8.97. The van der Waals surface area contributed by atoms with E-state index in [4.69, 9.17) is 0 Å². The molecular formula is C30H43BN8O. The van der Waals surface area contributed by atoms with Crippen molar-refractivity contribution in [2.45, 2.75) is 51.6 Å². The van der Waals surface area contributed by atoms with Crippen LogP contribution in [0.4, 0.5) is 5.82 Å². The Hall–Kier alpha value is -3.00. The maximum absolute atomic E-state index is 13.4. The molecule has 10 heteroatoms. The van der Waals surface area contributed by atoms with Crippen molar-refractivity contribution in [3.05, 3.63) is 47.4 Å². The maximum Gasteiger partial charge on any atom is 0.269 e. The molecule has 2 unspecified atom stereocenters. The van der Waals surface area contributed by atoms with E-state index in [-0.39, 0.29) is 17.8 Å². The van der Waals surface area contributed by atoms with Crippen molar-refractivity contribution in [3.8, 4) is 6.07 Å². The van der Waals surface area contributed by atoms with E-state index in [2.05, 4.69) is 56.2 Å². The first-order chi connectivity index (χ1) is 19.4. The molecule has 1 aromatic carbocycles. The minimum absolute atomic E-state index is 0.109. The van der Waals surface area contributed by atoms with Gasteiger partial charge < -0.3 is 9.80 Å². The highest BCUT2D eigenvalue weighted by Gasteiger charge is 2.31. The minimum Gasteiger partial charge on any atom is -0.306 e. The Morgan fingerprint density at radius 1 is 1.07 bits per heavy atom. The highest BCUT2D eigenvalue weighted by molar-refractivity contribution is 6.35. The number of benzene rings is 1. The van der Waals surface area contributed by atoms with Gasteiger partial charge in [-0.15, -0.1) is 0 Å². The highest BCUT2D eigenvalue weighted by Crippen LogP contribution is 2.30. The molecule has 2 atom stereocenters. The zero-order chi connectivity index (χ0) is 28.1. The van der Waals surface area contributed by atoms with Crippen molar-refractivity contribution in [1.82, 2.24) is 30.1 Å². The first-order valence-electron chi connectivity index (χ1n) is 14.9. The molecule has 1 N–H and O–H groups in total. The lowest BCUT2D eigenvalue weighted by molar-refractivity contribution is 0.0943. The summed E-state index contributed by atoms with van der Waals surface area (Å²) in [5.41, 5.74) is 5.80. The normalized spacial score (nSPS) is 23.1. The van der Waals surface area contributed by atoms with Crippen molar-refractivity contribution < 1.29 is 4.79 Å². The van der Waals surface area contributed by atoms with Crippen LogP contribution in [0.1, 0.15) is 60.8 Å². The molecule has 40 heavy (non-hydrogen) atoms. The summed E-state index contributed by atoms with van der Waals surface area (Å²) in [6, 6.07) is 10.2. The van der Waals surface area contributed by atoms with Crippen molar-refractivity contribution in [3.63, 3.8) is 0 Å². The quantitative estimate of drug-likeness (QED) is 0.396. The Kier molecular flexibility index (Phi) is 9.35. The lowest BCUT2D eigenvalue weighted by Crippen LogP contribution is -2.50. The number of nitriles is 1. The Morgan fingerprint density at radius 3 is 2.42 bits per heavy atom. The molecule has 212 valence electrons. The minimum atomic E-state index is -0.162. The second-order valence-corrected chi connectivity index (χ2v) is 12.2. The molecule has 1 saturated carbocycles. The number of aromatic nitrogens is 2. The van der Waals surface area contributed by atoms with Gasteiger partial charge in [-0.25, -0.2) is 9.97 Å². The molecule has 0 bridgehead atoms. The van der Waals surface area contributed by atoms with Gasteiger partial charge in [-0.05, 0) is 87.2 Å². The molecule has 1 aromatic heterocycles. The number of piperidine rings is 1. The van der Waals surface area contributed by atoms with Crippen molar-refractivity contribution in [2.75, 3.05) is 57.9 Å². The number of piperazine rings is 1. The van der Waals surface area contributed by atoms with E-state index in [0.717, 1.165) is 63.4 Å². The first-order valence-corrected chi connectivity index (χ1v) is 14.9. The molecule has 2 aliphatic heterocycles. The number of likely N-dealkylation sites (tertiary alicyclic amines) is 1. The third-order valence-electron chi connectivity index (χ3n) is 8.97. The van der Waals surface area contributed by atoms with Crippen LogP contribution in [0.2, 0.25) is 0 Å². The summed E-state index contributed by atoms with van der Waals surface area (Å²) in [7, 11) is 4.14. The summed E-state index contributed by atoms with van der Waals surface area (Å²) in [6.07, 6.45) is 7.35. The van der Waals surface area contributed by atoms with Crippen LogP contribution in [-0.2, 0) is 6.54 Å². The fraction of sp³-hybridized carbons (Fsp3) is 0.600. The second kappa shape index (κ2) is 13.1. The number of anilines is 1. The average molecular weight is 543 g/mol. The fourth-order valence-electron chi connectivity index (χ4n) is 6.39. The van der Waals surface area contributed by atoms with Crippen LogP contribution in [0.3, 0.4) is 0 Å².